The molecule has 0 aromatic heterocycles. The Morgan fingerprint density at radius 1 is 1.00 bits per heavy atom. The predicted molar refractivity (Wildman–Crippen MR) is 124 cm³/mol. The van der Waals surface area contributed by atoms with E-state index in [1.54, 1.807) is 11.8 Å². The first-order valence-corrected chi connectivity index (χ1v) is 11.1. The van der Waals surface area contributed by atoms with Crippen LogP contribution < -0.4 is 10.2 Å². The third-order valence-corrected chi connectivity index (χ3v) is 6.36. The Kier molecular flexibility index (Phi) is 6.19. The number of benzene rings is 3. The molecule has 1 saturated heterocycles. The average Bonchev–Trinajstić information content (AvgIpc) is 3.15. The number of aryl methyl sites for hydroxylation is 2. The number of hydrogen-bond donors (Lipinski definition) is 1. The first-order chi connectivity index (χ1) is 14.6. The number of carbonyl (C=O) groups excluding carboxylic acids is 2. The van der Waals surface area contributed by atoms with Gasteiger partial charge in [0.1, 0.15) is 5.37 Å². The molecule has 4 rings (SSSR count). The van der Waals surface area contributed by atoms with Crippen LogP contribution in [0.25, 0.3) is 0 Å². The minimum atomic E-state index is -0.0527. The Labute approximate surface area is 181 Å². The number of rotatable bonds is 6. The third kappa shape index (κ3) is 4.74. The van der Waals surface area contributed by atoms with Crippen molar-refractivity contribution in [1.29, 1.82) is 0 Å². The summed E-state index contributed by atoms with van der Waals surface area (Å²) in [5, 5.41) is 2.91. The fraction of sp³-hybridized carbons (Fsp3) is 0.200. The molecule has 152 valence electrons. The molecule has 0 aliphatic carbocycles. The number of anilines is 2. The minimum Gasteiger partial charge on any atom is -0.326 e. The van der Waals surface area contributed by atoms with E-state index in [-0.39, 0.29) is 17.2 Å². The fourth-order valence-corrected chi connectivity index (χ4v) is 4.69. The van der Waals surface area contributed by atoms with Gasteiger partial charge in [-0.25, -0.2) is 0 Å². The molecule has 0 radical (unpaired) electrons. The maximum atomic E-state index is 12.5. The van der Waals surface area contributed by atoms with Crippen molar-refractivity contribution in [2.75, 3.05) is 16.0 Å². The predicted octanol–water partition coefficient (Wildman–Crippen LogP) is 5.34. The number of nitrogens with zero attached hydrogens (tertiary/aromatic N) is 1. The Morgan fingerprint density at radius 2 is 1.70 bits per heavy atom. The van der Waals surface area contributed by atoms with Gasteiger partial charge in [-0.2, -0.15) is 0 Å². The second-order valence-corrected chi connectivity index (χ2v) is 8.49. The molecular weight excluding hydrogens is 392 g/mol. The molecular formula is C25H24N2O2S. The minimum absolute atomic E-state index is 0.00157. The van der Waals surface area contributed by atoms with Crippen LogP contribution >= 0.6 is 11.8 Å². The van der Waals surface area contributed by atoms with Gasteiger partial charge < -0.3 is 5.32 Å². The van der Waals surface area contributed by atoms with Crippen LogP contribution in [0, 0.1) is 6.92 Å². The van der Waals surface area contributed by atoms with Gasteiger partial charge in [0, 0.05) is 17.8 Å². The maximum Gasteiger partial charge on any atom is 0.238 e. The Bertz CT molecular complexity index is 1020. The summed E-state index contributed by atoms with van der Waals surface area (Å²) >= 11 is 1.63. The highest BCUT2D eigenvalue weighted by molar-refractivity contribution is 8.00. The Balaban J connectivity index is 1.40. The smallest absolute Gasteiger partial charge is 0.238 e. The van der Waals surface area contributed by atoms with Crippen LogP contribution in [0.4, 0.5) is 11.4 Å². The van der Waals surface area contributed by atoms with Crippen LogP contribution in [0.2, 0.25) is 0 Å². The van der Waals surface area contributed by atoms with E-state index in [0.29, 0.717) is 12.2 Å². The van der Waals surface area contributed by atoms with Gasteiger partial charge in [-0.05, 0) is 48.7 Å². The second-order valence-electron chi connectivity index (χ2n) is 7.42. The van der Waals surface area contributed by atoms with Crippen LogP contribution in [0.1, 0.15) is 28.5 Å². The molecule has 0 spiro atoms. The summed E-state index contributed by atoms with van der Waals surface area (Å²) in [5.74, 6) is 0.585. The van der Waals surface area contributed by atoms with Gasteiger partial charge >= 0.3 is 0 Å². The fourth-order valence-electron chi connectivity index (χ4n) is 3.51. The van der Waals surface area contributed by atoms with Crippen LogP contribution in [0.5, 0.6) is 0 Å². The van der Waals surface area contributed by atoms with Crippen LogP contribution in [-0.2, 0) is 16.0 Å². The van der Waals surface area contributed by atoms with E-state index in [4.69, 9.17) is 0 Å². The van der Waals surface area contributed by atoms with Crippen molar-refractivity contribution in [3.8, 4) is 0 Å². The lowest BCUT2D eigenvalue weighted by Gasteiger charge is -2.24. The lowest BCUT2D eigenvalue weighted by molar-refractivity contribution is -0.116. The summed E-state index contributed by atoms with van der Waals surface area (Å²) < 4.78 is 0. The van der Waals surface area contributed by atoms with Crippen molar-refractivity contribution in [2.24, 2.45) is 0 Å². The third-order valence-electron chi connectivity index (χ3n) is 5.14. The largest absolute Gasteiger partial charge is 0.326 e. The number of amides is 2. The first-order valence-electron chi connectivity index (χ1n) is 10.0. The topological polar surface area (TPSA) is 49.4 Å². The number of thioether (sulfide) groups is 1. The van der Waals surface area contributed by atoms with E-state index < -0.39 is 0 Å². The van der Waals surface area contributed by atoms with E-state index in [9.17, 15) is 9.59 Å². The van der Waals surface area contributed by atoms with Gasteiger partial charge in [0.05, 0.1) is 5.75 Å². The number of nitrogens with one attached hydrogen (secondary N) is 1. The van der Waals surface area contributed by atoms with Crippen molar-refractivity contribution < 1.29 is 9.59 Å². The molecule has 3 aromatic carbocycles. The van der Waals surface area contributed by atoms with Crippen LogP contribution in [-0.4, -0.2) is 17.6 Å². The lowest BCUT2D eigenvalue weighted by atomic mass is 10.1. The van der Waals surface area contributed by atoms with E-state index in [1.807, 2.05) is 90.7 Å². The van der Waals surface area contributed by atoms with E-state index in [2.05, 4.69) is 5.32 Å². The Morgan fingerprint density at radius 3 is 2.40 bits per heavy atom. The zero-order chi connectivity index (χ0) is 20.9. The standard InChI is InChI=1S/C25H24N2O2S/c1-18-7-14-22(15-8-18)27-24(29)17-30-25(27)20-10-12-21(13-11-20)26-23(28)16-9-19-5-3-2-4-6-19/h2-8,10-15,25H,9,16-17H2,1H3,(H,26,28). The summed E-state index contributed by atoms with van der Waals surface area (Å²) in [4.78, 5) is 26.6. The van der Waals surface area contributed by atoms with Gasteiger partial charge in [-0.15, -0.1) is 11.8 Å². The maximum absolute atomic E-state index is 12.5. The molecule has 1 unspecified atom stereocenters. The van der Waals surface area contributed by atoms with Crippen molar-refractivity contribution in [3.63, 3.8) is 0 Å². The quantitative estimate of drug-likeness (QED) is 0.590. The summed E-state index contributed by atoms with van der Waals surface area (Å²) in [7, 11) is 0. The molecule has 3 aromatic rings. The molecule has 1 atom stereocenters. The summed E-state index contributed by atoms with van der Waals surface area (Å²) in [6.07, 6.45) is 1.16. The molecule has 1 heterocycles. The Hall–Kier alpha value is -3.05. The highest BCUT2D eigenvalue weighted by Crippen LogP contribution is 2.41. The molecule has 30 heavy (non-hydrogen) atoms. The van der Waals surface area contributed by atoms with Gasteiger partial charge in [0.2, 0.25) is 11.8 Å². The first kappa shape index (κ1) is 20.2. The van der Waals surface area contributed by atoms with Crippen molar-refractivity contribution in [2.45, 2.75) is 25.1 Å². The summed E-state index contributed by atoms with van der Waals surface area (Å²) in [5.41, 5.74) is 5.06. The summed E-state index contributed by atoms with van der Waals surface area (Å²) in [6, 6.07) is 25.8. The van der Waals surface area contributed by atoms with E-state index in [1.165, 1.54) is 5.56 Å². The van der Waals surface area contributed by atoms with Gasteiger partial charge in [-0.1, -0.05) is 60.2 Å². The molecule has 2 amide bonds. The number of hydrogen-bond acceptors (Lipinski definition) is 3. The van der Waals surface area contributed by atoms with Gasteiger partial charge in [0.25, 0.3) is 0 Å². The average molecular weight is 417 g/mol. The molecule has 5 heteroatoms. The van der Waals surface area contributed by atoms with Crippen molar-refractivity contribution in [1.82, 2.24) is 0 Å². The molecule has 1 N–H and O–H groups in total. The lowest BCUT2D eigenvalue weighted by Crippen LogP contribution is -2.27. The van der Waals surface area contributed by atoms with Crippen LogP contribution in [0.15, 0.2) is 78.9 Å². The monoisotopic (exact) mass is 416 g/mol. The van der Waals surface area contributed by atoms with Crippen molar-refractivity contribution in [3.05, 3.63) is 95.6 Å². The second kappa shape index (κ2) is 9.18. The zero-order valence-electron chi connectivity index (χ0n) is 16.9. The highest BCUT2D eigenvalue weighted by atomic mass is 32.2. The molecule has 1 fully saturated rings. The van der Waals surface area contributed by atoms with Crippen LogP contribution in [0.3, 0.4) is 0 Å². The van der Waals surface area contributed by atoms with E-state index in [0.717, 1.165) is 28.9 Å². The highest BCUT2D eigenvalue weighted by Gasteiger charge is 2.33. The van der Waals surface area contributed by atoms with Gasteiger partial charge in [-0.3, -0.25) is 14.5 Å². The molecule has 0 saturated carbocycles. The van der Waals surface area contributed by atoms with Gasteiger partial charge in [0.15, 0.2) is 0 Å². The normalized spacial score (nSPS) is 16.0. The molecule has 4 nitrogen and oxygen atoms in total. The number of carbonyl (C=O) groups is 2. The zero-order valence-corrected chi connectivity index (χ0v) is 17.7. The molecule has 0 bridgehead atoms. The molecule has 1 aliphatic heterocycles. The SMILES string of the molecule is Cc1ccc(N2C(=O)CSC2c2ccc(NC(=O)CCc3ccccc3)cc2)cc1. The van der Waals surface area contributed by atoms with Crippen molar-refractivity contribution >= 4 is 35.0 Å². The summed E-state index contributed by atoms with van der Waals surface area (Å²) in [6.45, 7) is 2.04. The van der Waals surface area contributed by atoms with E-state index >= 15 is 0 Å². The molecule has 1 aliphatic rings.